The number of halogens is 1. The minimum Gasteiger partial charge on any atom is -0.237 e. The highest BCUT2D eigenvalue weighted by Gasteiger charge is 2.16. The van der Waals surface area contributed by atoms with Crippen LogP contribution in [0.5, 0.6) is 0 Å². The molecule has 70 valence electrons. The molecule has 0 aromatic heterocycles. The molecule has 0 radical (unpaired) electrons. The maximum absolute atomic E-state index is 4.22. The second-order valence-corrected chi connectivity index (χ2v) is 3.22. The Morgan fingerprint density at radius 3 is 3.08 bits per heavy atom. The van der Waals surface area contributed by atoms with E-state index in [1.165, 1.54) is 11.1 Å². The number of allylic oxidation sites excluding steroid dienone is 2. The van der Waals surface area contributed by atoms with Crippen molar-refractivity contribution in [3.05, 3.63) is 23.4 Å². The molecule has 0 fully saturated rings. The van der Waals surface area contributed by atoms with Gasteiger partial charge < -0.3 is 0 Å². The molecule has 0 bridgehead atoms. The van der Waals surface area contributed by atoms with Gasteiger partial charge in [-0.05, 0) is 24.2 Å². The summed E-state index contributed by atoms with van der Waals surface area (Å²) in [4.78, 5) is 8.40. The molecule has 0 amide bonds. The van der Waals surface area contributed by atoms with Gasteiger partial charge in [-0.1, -0.05) is 6.08 Å². The summed E-state index contributed by atoms with van der Waals surface area (Å²) in [6.07, 6.45) is 7.76. The summed E-state index contributed by atoms with van der Waals surface area (Å²) in [5.41, 5.74) is 2.58. The van der Waals surface area contributed by atoms with E-state index in [4.69, 9.17) is 0 Å². The lowest BCUT2D eigenvalue weighted by Gasteiger charge is -2.05. The van der Waals surface area contributed by atoms with Crippen LogP contribution < -0.4 is 0 Å². The summed E-state index contributed by atoms with van der Waals surface area (Å²) in [6, 6.07) is 0. The van der Waals surface area contributed by atoms with Crippen molar-refractivity contribution in [2.24, 2.45) is 9.98 Å². The summed E-state index contributed by atoms with van der Waals surface area (Å²) in [5.74, 6) is 1.77. The number of hydrogen-bond donors (Lipinski definition) is 1. The first-order valence-corrected chi connectivity index (χ1v) is 4.65. The van der Waals surface area contributed by atoms with E-state index in [9.17, 15) is 0 Å². The fourth-order valence-corrected chi connectivity index (χ4v) is 1.64. The van der Waals surface area contributed by atoms with Crippen LogP contribution in [-0.2, 0) is 0 Å². The first kappa shape index (κ1) is 10.5. The Morgan fingerprint density at radius 2 is 2.31 bits per heavy atom. The van der Waals surface area contributed by atoms with Crippen molar-refractivity contribution >= 4 is 37.1 Å². The van der Waals surface area contributed by atoms with Gasteiger partial charge >= 0.3 is 0 Å². The molecule has 0 unspecified atom stereocenters. The Labute approximate surface area is 89.4 Å². The van der Waals surface area contributed by atoms with E-state index < -0.39 is 0 Å². The average Bonchev–Trinajstić information content (AvgIpc) is 2.50. The van der Waals surface area contributed by atoms with Crippen molar-refractivity contribution < 1.29 is 0 Å². The molecule has 2 rings (SSSR count). The van der Waals surface area contributed by atoms with Crippen molar-refractivity contribution in [2.75, 3.05) is 5.75 Å². The predicted octanol–water partition coefficient (Wildman–Crippen LogP) is 2.43. The molecule has 0 saturated carbocycles. The van der Waals surface area contributed by atoms with E-state index in [0.29, 0.717) is 0 Å². The minimum atomic E-state index is 0. The van der Waals surface area contributed by atoms with Gasteiger partial charge in [0.25, 0.3) is 0 Å². The molecule has 0 saturated heterocycles. The molecule has 0 atom stereocenters. The molecule has 13 heavy (non-hydrogen) atoms. The van der Waals surface area contributed by atoms with Crippen molar-refractivity contribution in [3.8, 4) is 0 Å². The molecule has 2 aliphatic heterocycles. The summed E-state index contributed by atoms with van der Waals surface area (Å²) < 4.78 is 0. The third-order valence-electron chi connectivity index (χ3n) is 2.01. The van der Waals surface area contributed by atoms with Crippen molar-refractivity contribution in [2.45, 2.75) is 12.8 Å². The van der Waals surface area contributed by atoms with E-state index >= 15 is 0 Å². The lowest BCUT2D eigenvalue weighted by molar-refractivity contribution is 1.14. The normalized spacial score (nSPS) is 18.4. The van der Waals surface area contributed by atoms with Crippen LogP contribution in [0, 0.1) is 0 Å². The van der Waals surface area contributed by atoms with Crippen molar-refractivity contribution in [1.82, 2.24) is 0 Å². The van der Waals surface area contributed by atoms with Gasteiger partial charge in [-0.3, -0.25) is 0 Å². The predicted molar refractivity (Wildman–Crippen MR) is 62.4 cm³/mol. The molecular weight excluding hydrogens is 204 g/mol. The minimum absolute atomic E-state index is 0. The third-order valence-corrected chi connectivity index (χ3v) is 2.23. The highest BCUT2D eigenvalue weighted by molar-refractivity contribution is 7.80. The van der Waals surface area contributed by atoms with E-state index in [2.05, 4.69) is 28.7 Å². The second-order valence-electron chi connectivity index (χ2n) is 2.78. The van der Waals surface area contributed by atoms with Gasteiger partial charge in [0, 0.05) is 18.0 Å². The van der Waals surface area contributed by atoms with Gasteiger partial charge in [-0.15, -0.1) is 12.4 Å². The number of thiol groups is 1. The molecule has 2 heterocycles. The van der Waals surface area contributed by atoms with Crippen LogP contribution in [0.15, 0.2) is 33.4 Å². The van der Waals surface area contributed by atoms with Crippen LogP contribution >= 0.6 is 25.0 Å². The molecule has 0 aromatic carbocycles. The van der Waals surface area contributed by atoms with E-state index in [1.54, 1.807) is 0 Å². The Balaban J connectivity index is 0.000000845. The second kappa shape index (κ2) is 4.63. The Morgan fingerprint density at radius 1 is 1.46 bits per heavy atom. The lowest BCUT2D eigenvalue weighted by atomic mass is 10.0. The van der Waals surface area contributed by atoms with Crippen LogP contribution in [0.2, 0.25) is 0 Å². The summed E-state index contributed by atoms with van der Waals surface area (Å²) in [6.45, 7) is 0. The highest BCUT2D eigenvalue weighted by Crippen LogP contribution is 2.22. The number of rotatable bonds is 2. The maximum Gasteiger partial charge on any atom is 0.155 e. The van der Waals surface area contributed by atoms with E-state index in [0.717, 1.165) is 24.4 Å². The third kappa shape index (κ3) is 2.03. The largest absolute Gasteiger partial charge is 0.237 e. The van der Waals surface area contributed by atoms with Gasteiger partial charge in [-0.2, -0.15) is 12.6 Å². The van der Waals surface area contributed by atoms with E-state index in [-0.39, 0.29) is 12.4 Å². The van der Waals surface area contributed by atoms with Gasteiger partial charge in [0.05, 0.1) is 0 Å². The van der Waals surface area contributed by atoms with Crippen LogP contribution in [0.25, 0.3) is 0 Å². The van der Waals surface area contributed by atoms with Gasteiger partial charge in [0.1, 0.15) is 0 Å². The molecule has 4 heteroatoms. The highest BCUT2D eigenvalue weighted by atomic mass is 35.5. The molecule has 2 aliphatic rings. The summed E-state index contributed by atoms with van der Waals surface area (Å²) in [5, 5.41) is 0. The van der Waals surface area contributed by atoms with Crippen LogP contribution in [0.3, 0.4) is 0 Å². The number of amidine groups is 1. The van der Waals surface area contributed by atoms with Gasteiger partial charge in [-0.25, -0.2) is 9.98 Å². The molecule has 0 aromatic rings. The lowest BCUT2D eigenvalue weighted by Crippen LogP contribution is -1.99. The Kier molecular flexibility index (Phi) is 3.75. The standard InChI is InChI=1S/C9H10N2S.ClH/c12-5-3-7-6-11-9-8(7)2-1-4-10-9;/h1,4,6,12H,2-3,5H2;1H. The van der Waals surface area contributed by atoms with Gasteiger partial charge in [0.2, 0.25) is 0 Å². The maximum atomic E-state index is 4.22. The summed E-state index contributed by atoms with van der Waals surface area (Å²) in [7, 11) is 0. The fraction of sp³-hybridized carbons (Fsp3) is 0.333. The number of aliphatic imine (C=N–C) groups is 2. The van der Waals surface area contributed by atoms with Crippen LogP contribution in [-0.4, -0.2) is 17.8 Å². The zero-order valence-corrected chi connectivity index (χ0v) is 8.81. The van der Waals surface area contributed by atoms with E-state index in [1.807, 2.05) is 12.4 Å². The molecule has 0 spiro atoms. The topological polar surface area (TPSA) is 24.7 Å². The molecule has 0 aliphatic carbocycles. The fourth-order valence-electron chi connectivity index (χ4n) is 1.40. The summed E-state index contributed by atoms with van der Waals surface area (Å²) >= 11 is 4.20. The number of nitrogens with zero attached hydrogens (tertiary/aromatic N) is 2. The number of hydrogen-bond acceptors (Lipinski definition) is 3. The number of fused-ring (bicyclic) bond motifs is 1. The first-order chi connectivity index (χ1) is 5.92. The van der Waals surface area contributed by atoms with Crippen LogP contribution in [0.4, 0.5) is 0 Å². The average molecular weight is 215 g/mol. The van der Waals surface area contributed by atoms with Crippen LogP contribution in [0.1, 0.15) is 12.8 Å². The monoisotopic (exact) mass is 214 g/mol. The molecule has 0 N–H and O–H groups in total. The first-order valence-electron chi connectivity index (χ1n) is 4.02. The smallest absolute Gasteiger partial charge is 0.155 e. The Bertz CT molecular complexity index is 316. The Hall–Kier alpha value is -0.540. The SMILES string of the molecule is Cl.SCCC1=C2CC=CN=C2N=C1. The molecular formula is C9H11ClN2S. The zero-order chi connectivity index (χ0) is 8.39. The quantitative estimate of drug-likeness (QED) is 0.683. The van der Waals surface area contributed by atoms with Crippen molar-refractivity contribution in [1.29, 1.82) is 0 Å². The molecule has 2 nitrogen and oxygen atoms in total. The van der Waals surface area contributed by atoms with Crippen molar-refractivity contribution in [3.63, 3.8) is 0 Å². The zero-order valence-electron chi connectivity index (χ0n) is 7.10. The van der Waals surface area contributed by atoms with Gasteiger partial charge in [0.15, 0.2) is 5.84 Å².